The molecule has 4 bridgehead atoms. The highest BCUT2D eigenvalue weighted by molar-refractivity contribution is 5.98. The quantitative estimate of drug-likeness (QED) is 0.654. The largest absolute Gasteiger partial charge is 0.506 e. The first-order valence-corrected chi connectivity index (χ1v) is 10.8. The van der Waals surface area contributed by atoms with Gasteiger partial charge in [-0.3, -0.25) is 9.59 Å². The van der Waals surface area contributed by atoms with Gasteiger partial charge in [0.05, 0.1) is 11.7 Å². The minimum atomic E-state index is -0.659. The van der Waals surface area contributed by atoms with Crippen molar-refractivity contribution in [1.29, 1.82) is 0 Å². The Morgan fingerprint density at radius 1 is 1.27 bits per heavy atom. The SMILES string of the molecule is Cc1ccc(O)c(NC(=O)CC[C@]2(C)C(=O)C=CC34CC5CC(C)(C3)OC5C42)c1O. The third-order valence-corrected chi connectivity index (χ3v) is 8.18. The van der Waals surface area contributed by atoms with E-state index in [9.17, 15) is 19.8 Å². The van der Waals surface area contributed by atoms with Crippen molar-refractivity contribution in [2.45, 2.75) is 64.6 Å². The Hall–Kier alpha value is -2.34. The molecular weight excluding hydrogens is 382 g/mol. The maximum absolute atomic E-state index is 13.1. The van der Waals surface area contributed by atoms with Crippen LogP contribution in [0.25, 0.3) is 0 Å². The zero-order chi connectivity index (χ0) is 21.5. The van der Waals surface area contributed by atoms with Crippen molar-refractivity contribution in [2.75, 3.05) is 5.32 Å². The van der Waals surface area contributed by atoms with Gasteiger partial charge in [0.2, 0.25) is 5.91 Å². The third-order valence-electron chi connectivity index (χ3n) is 8.18. The molecule has 5 unspecified atom stereocenters. The van der Waals surface area contributed by atoms with Gasteiger partial charge in [-0.1, -0.05) is 19.1 Å². The lowest BCUT2D eigenvalue weighted by Crippen LogP contribution is -2.55. The number of nitrogens with one attached hydrogen (secondary N) is 1. The van der Waals surface area contributed by atoms with Gasteiger partial charge in [-0.25, -0.2) is 0 Å². The predicted octanol–water partition coefficient (Wildman–Crippen LogP) is 3.84. The third kappa shape index (κ3) is 2.59. The molecule has 2 saturated heterocycles. The molecule has 6 nitrogen and oxygen atoms in total. The Morgan fingerprint density at radius 3 is 2.80 bits per heavy atom. The topological polar surface area (TPSA) is 95.9 Å². The second kappa shape index (κ2) is 6.10. The van der Waals surface area contributed by atoms with E-state index in [1.165, 1.54) is 6.07 Å². The number of aromatic hydroxyl groups is 2. The first-order chi connectivity index (χ1) is 14.1. The van der Waals surface area contributed by atoms with Crippen LogP contribution in [0, 0.1) is 29.6 Å². The fourth-order valence-corrected chi connectivity index (χ4v) is 7.08. The van der Waals surface area contributed by atoms with E-state index in [-0.39, 0.29) is 58.3 Å². The van der Waals surface area contributed by atoms with E-state index in [1.54, 1.807) is 19.1 Å². The van der Waals surface area contributed by atoms with Crippen LogP contribution >= 0.6 is 0 Å². The van der Waals surface area contributed by atoms with E-state index in [4.69, 9.17) is 4.74 Å². The van der Waals surface area contributed by atoms with Crippen molar-refractivity contribution in [2.24, 2.45) is 22.7 Å². The number of hydrogen-bond acceptors (Lipinski definition) is 5. The average Bonchev–Trinajstić information content (AvgIpc) is 3.06. The van der Waals surface area contributed by atoms with Gasteiger partial charge in [-0.05, 0) is 68.6 Å². The van der Waals surface area contributed by atoms with E-state index in [1.807, 2.05) is 6.92 Å². The van der Waals surface area contributed by atoms with Crippen LogP contribution in [0.4, 0.5) is 5.69 Å². The normalized spacial score (nSPS) is 40.6. The summed E-state index contributed by atoms with van der Waals surface area (Å²) in [5.41, 5.74) is -0.173. The first-order valence-electron chi connectivity index (χ1n) is 10.8. The second-order valence-electron chi connectivity index (χ2n) is 10.4. The maximum Gasteiger partial charge on any atom is 0.224 e. The molecule has 1 aromatic rings. The molecule has 4 fully saturated rings. The number of phenolic OH excluding ortho intramolecular Hbond substituents is 2. The van der Waals surface area contributed by atoms with Crippen molar-refractivity contribution in [3.05, 3.63) is 29.8 Å². The molecule has 6 atom stereocenters. The second-order valence-corrected chi connectivity index (χ2v) is 10.4. The number of carbonyl (C=O) groups excluding carboxylic acids is 2. The molecule has 5 aliphatic rings. The lowest BCUT2D eigenvalue weighted by molar-refractivity contribution is -0.169. The number of aryl methyl sites for hydroxylation is 1. The number of ketones is 1. The minimum Gasteiger partial charge on any atom is -0.506 e. The molecule has 6 heteroatoms. The molecule has 160 valence electrons. The Morgan fingerprint density at radius 2 is 2.03 bits per heavy atom. The van der Waals surface area contributed by atoms with Crippen molar-refractivity contribution < 1.29 is 24.5 Å². The van der Waals surface area contributed by atoms with Crippen LogP contribution in [0.1, 0.15) is 51.5 Å². The zero-order valence-corrected chi connectivity index (χ0v) is 17.7. The van der Waals surface area contributed by atoms with Gasteiger partial charge in [0.15, 0.2) is 5.78 Å². The molecule has 1 spiro atoms. The van der Waals surface area contributed by atoms with Gasteiger partial charge < -0.3 is 20.3 Å². The Balaban J connectivity index is 1.36. The summed E-state index contributed by atoms with van der Waals surface area (Å²) >= 11 is 0. The van der Waals surface area contributed by atoms with Gasteiger partial charge in [0, 0.05) is 17.8 Å². The zero-order valence-electron chi connectivity index (χ0n) is 17.7. The fraction of sp³-hybridized carbons (Fsp3) is 0.583. The van der Waals surface area contributed by atoms with Gasteiger partial charge in [0.1, 0.15) is 17.2 Å². The summed E-state index contributed by atoms with van der Waals surface area (Å²) in [6.45, 7) is 5.87. The van der Waals surface area contributed by atoms with Crippen molar-refractivity contribution in [1.82, 2.24) is 0 Å². The van der Waals surface area contributed by atoms with Crippen molar-refractivity contribution in [3.63, 3.8) is 0 Å². The van der Waals surface area contributed by atoms with E-state index in [2.05, 4.69) is 18.3 Å². The van der Waals surface area contributed by atoms with Crippen molar-refractivity contribution in [3.8, 4) is 11.5 Å². The van der Waals surface area contributed by atoms with E-state index in [0.717, 1.165) is 19.3 Å². The number of carbonyl (C=O) groups is 2. The van der Waals surface area contributed by atoms with Crippen LogP contribution in [0.3, 0.4) is 0 Å². The Kier molecular flexibility index (Phi) is 3.99. The van der Waals surface area contributed by atoms with Crippen LogP contribution < -0.4 is 5.32 Å². The Labute approximate surface area is 176 Å². The van der Waals surface area contributed by atoms with Gasteiger partial charge in [-0.2, -0.15) is 0 Å². The summed E-state index contributed by atoms with van der Waals surface area (Å²) in [6.07, 6.45) is 7.55. The standard InChI is InChI=1S/C24H29NO5/c1-13-4-5-15(26)18(19(13)29)25-17(28)7-8-23(3)16(27)6-9-24-11-14-10-22(2,12-24)30-20(14)21(23)24/h4-6,9,14,20-21,26,29H,7-8,10-12H2,1-3H3,(H,25,28)/t14?,20?,21?,22?,23-,24?/m1/s1. The number of hydrogen-bond donors (Lipinski definition) is 3. The monoisotopic (exact) mass is 411 g/mol. The number of benzene rings is 1. The molecule has 3 N–H and O–H groups in total. The summed E-state index contributed by atoms with van der Waals surface area (Å²) in [6, 6.07) is 3.02. The van der Waals surface area contributed by atoms with Crippen LogP contribution in [0.15, 0.2) is 24.3 Å². The van der Waals surface area contributed by atoms with Crippen LogP contribution in [-0.4, -0.2) is 33.6 Å². The van der Waals surface area contributed by atoms with E-state index in [0.29, 0.717) is 17.9 Å². The predicted molar refractivity (Wildman–Crippen MR) is 111 cm³/mol. The molecule has 0 radical (unpaired) electrons. The van der Waals surface area contributed by atoms with E-state index < -0.39 is 5.41 Å². The fourth-order valence-electron chi connectivity index (χ4n) is 7.08. The molecular formula is C24H29NO5. The molecule has 0 aromatic heterocycles. The lowest BCUT2D eigenvalue weighted by atomic mass is 9.53. The Bertz CT molecular complexity index is 986. The lowest BCUT2D eigenvalue weighted by Gasteiger charge is -2.54. The molecule has 2 heterocycles. The molecule has 6 rings (SSSR count). The number of rotatable bonds is 4. The number of amides is 1. The molecule has 30 heavy (non-hydrogen) atoms. The summed E-state index contributed by atoms with van der Waals surface area (Å²) in [5.74, 6) is -0.00616. The first kappa shape index (κ1) is 19.6. The number of allylic oxidation sites excluding steroid dienone is 2. The number of anilines is 1. The molecule has 2 saturated carbocycles. The smallest absolute Gasteiger partial charge is 0.224 e. The summed E-state index contributed by atoms with van der Waals surface area (Å²) in [4.78, 5) is 25.7. The summed E-state index contributed by atoms with van der Waals surface area (Å²) < 4.78 is 6.44. The van der Waals surface area contributed by atoms with Crippen LogP contribution in [0.5, 0.6) is 11.5 Å². The summed E-state index contributed by atoms with van der Waals surface area (Å²) in [7, 11) is 0. The van der Waals surface area contributed by atoms with E-state index >= 15 is 0 Å². The maximum atomic E-state index is 13.1. The van der Waals surface area contributed by atoms with Crippen molar-refractivity contribution >= 4 is 17.4 Å². The van der Waals surface area contributed by atoms with Gasteiger partial charge >= 0.3 is 0 Å². The molecule has 3 aliphatic carbocycles. The van der Waals surface area contributed by atoms with Gasteiger partial charge in [-0.15, -0.1) is 0 Å². The molecule has 2 aliphatic heterocycles. The average molecular weight is 411 g/mol. The molecule has 1 amide bonds. The summed E-state index contributed by atoms with van der Waals surface area (Å²) in [5, 5.41) is 22.8. The highest BCUT2D eigenvalue weighted by atomic mass is 16.5. The highest BCUT2D eigenvalue weighted by Gasteiger charge is 2.71. The minimum absolute atomic E-state index is 0.00714. The van der Waals surface area contributed by atoms with Gasteiger partial charge in [0.25, 0.3) is 0 Å². The number of ether oxygens (including phenoxy) is 1. The highest BCUT2D eigenvalue weighted by Crippen LogP contribution is 2.71. The van der Waals surface area contributed by atoms with Crippen LogP contribution in [0.2, 0.25) is 0 Å². The number of phenols is 2. The molecule has 1 aromatic carbocycles. The van der Waals surface area contributed by atoms with Crippen LogP contribution in [-0.2, 0) is 14.3 Å².